The lowest BCUT2D eigenvalue weighted by Gasteiger charge is -2.20. The van der Waals surface area contributed by atoms with Crippen molar-refractivity contribution in [1.82, 2.24) is 30.0 Å². The SMILES string of the molecule is CC.CC.CN1CCc2[nH]ncc2C1.CN1CCc2nc[nH]c2C1. The molecule has 6 nitrogen and oxygen atoms in total. The van der Waals surface area contributed by atoms with Crippen LogP contribution in [0, 0.1) is 0 Å². The van der Waals surface area contributed by atoms with E-state index in [1.54, 1.807) is 6.33 Å². The summed E-state index contributed by atoms with van der Waals surface area (Å²) < 4.78 is 0. The van der Waals surface area contributed by atoms with Gasteiger partial charge in [0.1, 0.15) is 0 Å². The maximum atomic E-state index is 4.21. The molecule has 0 atom stereocenters. The van der Waals surface area contributed by atoms with E-state index < -0.39 is 0 Å². The smallest absolute Gasteiger partial charge is 0.0925 e. The number of hydrogen-bond donors (Lipinski definition) is 2. The van der Waals surface area contributed by atoms with E-state index in [4.69, 9.17) is 0 Å². The third-order valence-electron chi connectivity index (χ3n) is 3.96. The van der Waals surface area contributed by atoms with Crippen LogP contribution < -0.4 is 0 Å². The molecular formula is C18H34N6. The highest BCUT2D eigenvalue weighted by Crippen LogP contribution is 2.13. The van der Waals surface area contributed by atoms with E-state index in [-0.39, 0.29) is 0 Å². The van der Waals surface area contributed by atoms with Gasteiger partial charge in [0.25, 0.3) is 0 Å². The van der Waals surface area contributed by atoms with Crippen molar-refractivity contribution >= 4 is 0 Å². The van der Waals surface area contributed by atoms with Gasteiger partial charge >= 0.3 is 0 Å². The average molecular weight is 335 g/mol. The molecule has 2 aromatic rings. The van der Waals surface area contributed by atoms with Crippen LogP contribution in [0.5, 0.6) is 0 Å². The lowest BCUT2D eigenvalue weighted by atomic mass is 10.1. The van der Waals surface area contributed by atoms with Gasteiger partial charge in [0.2, 0.25) is 0 Å². The van der Waals surface area contributed by atoms with E-state index in [9.17, 15) is 0 Å². The summed E-state index contributed by atoms with van der Waals surface area (Å²) in [6, 6.07) is 0. The normalized spacial score (nSPS) is 16.2. The molecule has 136 valence electrons. The first-order chi connectivity index (χ1) is 11.7. The van der Waals surface area contributed by atoms with Crippen molar-refractivity contribution in [3.8, 4) is 0 Å². The Morgan fingerprint density at radius 2 is 1.58 bits per heavy atom. The Morgan fingerprint density at radius 3 is 2.33 bits per heavy atom. The first kappa shape index (κ1) is 20.4. The zero-order chi connectivity index (χ0) is 17.9. The van der Waals surface area contributed by atoms with Gasteiger partial charge in [-0.1, -0.05) is 27.7 Å². The van der Waals surface area contributed by atoms with E-state index in [2.05, 4.69) is 44.1 Å². The Bertz CT molecular complexity index is 509. The first-order valence-corrected chi connectivity index (χ1v) is 9.11. The fraction of sp³-hybridized carbons (Fsp3) is 0.667. The number of nitrogens with one attached hydrogen (secondary N) is 2. The van der Waals surface area contributed by atoms with E-state index in [0.717, 1.165) is 39.0 Å². The Labute approximate surface area is 146 Å². The number of rotatable bonds is 0. The topological polar surface area (TPSA) is 63.8 Å². The predicted molar refractivity (Wildman–Crippen MR) is 99.9 cm³/mol. The van der Waals surface area contributed by atoms with Gasteiger partial charge in [-0.15, -0.1) is 0 Å². The van der Waals surface area contributed by atoms with Crippen molar-refractivity contribution in [3.05, 3.63) is 35.2 Å². The number of imidazole rings is 1. The van der Waals surface area contributed by atoms with Crippen LogP contribution in [0.3, 0.4) is 0 Å². The molecule has 0 unspecified atom stereocenters. The highest BCUT2D eigenvalue weighted by atomic mass is 15.2. The van der Waals surface area contributed by atoms with E-state index >= 15 is 0 Å². The average Bonchev–Trinajstić information content (AvgIpc) is 3.27. The lowest BCUT2D eigenvalue weighted by molar-refractivity contribution is 0.307. The van der Waals surface area contributed by atoms with Crippen LogP contribution in [0.25, 0.3) is 0 Å². The van der Waals surface area contributed by atoms with Gasteiger partial charge in [0.05, 0.1) is 23.9 Å². The molecule has 0 spiro atoms. The first-order valence-electron chi connectivity index (χ1n) is 9.11. The fourth-order valence-corrected chi connectivity index (χ4v) is 2.71. The minimum atomic E-state index is 1.02. The molecule has 0 aromatic carbocycles. The van der Waals surface area contributed by atoms with Gasteiger partial charge in [-0.3, -0.25) is 5.10 Å². The minimum Gasteiger partial charge on any atom is -0.347 e. The van der Waals surface area contributed by atoms with Crippen LogP contribution in [0.15, 0.2) is 12.5 Å². The standard InChI is InChI=1S/2C7H11N3.2C2H6/c1-10-3-2-7-6(5-10)4-8-9-7;1-10-3-2-6-7(4-10)9-5-8-6;2*1-2/h4H,2-3,5H2,1H3,(H,8,9);5H,2-4H2,1H3,(H,8,9);2*1-2H3. The molecule has 0 saturated carbocycles. The molecule has 6 heteroatoms. The second kappa shape index (κ2) is 11.0. The molecule has 2 aromatic heterocycles. The van der Waals surface area contributed by atoms with E-state index in [1.165, 1.54) is 22.6 Å². The predicted octanol–water partition coefficient (Wildman–Crippen LogP) is 2.85. The second-order valence-electron chi connectivity index (χ2n) is 5.68. The van der Waals surface area contributed by atoms with Gasteiger partial charge in [-0.25, -0.2) is 4.98 Å². The summed E-state index contributed by atoms with van der Waals surface area (Å²) in [5.74, 6) is 0. The zero-order valence-corrected chi connectivity index (χ0v) is 16.2. The van der Waals surface area contributed by atoms with E-state index in [0.29, 0.717) is 0 Å². The number of likely N-dealkylation sites (N-methyl/N-ethyl adjacent to an activating group) is 2. The number of aromatic nitrogens is 4. The van der Waals surface area contributed by atoms with Gasteiger partial charge in [-0.05, 0) is 14.1 Å². The Kier molecular flexibility index (Phi) is 9.34. The number of H-pyrrole nitrogens is 2. The molecule has 0 amide bonds. The summed E-state index contributed by atoms with van der Waals surface area (Å²) in [6.45, 7) is 12.4. The highest BCUT2D eigenvalue weighted by Gasteiger charge is 2.14. The number of aromatic amines is 2. The fourth-order valence-electron chi connectivity index (χ4n) is 2.71. The quantitative estimate of drug-likeness (QED) is 0.777. The molecule has 0 fully saturated rings. The van der Waals surface area contributed by atoms with Crippen LogP contribution >= 0.6 is 0 Å². The monoisotopic (exact) mass is 334 g/mol. The van der Waals surface area contributed by atoms with Crippen molar-refractivity contribution in [2.24, 2.45) is 0 Å². The van der Waals surface area contributed by atoms with Gasteiger partial charge in [0.15, 0.2) is 0 Å². The molecule has 2 N–H and O–H groups in total. The molecule has 0 aliphatic carbocycles. The summed E-state index contributed by atoms with van der Waals surface area (Å²) in [5.41, 5.74) is 5.21. The second-order valence-corrected chi connectivity index (χ2v) is 5.68. The number of hydrogen-bond acceptors (Lipinski definition) is 4. The molecule has 2 aliphatic rings. The maximum absolute atomic E-state index is 4.21. The third-order valence-corrected chi connectivity index (χ3v) is 3.96. The summed E-state index contributed by atoms with van der Waals surface area (Å²) in [6.07, 6.45) is 5.91. The molecule has 4 rings (SSSR count). The third kappa shape index (κ3) is 5.76. The van der Waals surface area contributed by atoms with Crippen molar-refractivity contribution in [2.75, 3.05) is 27.2 Å². The molecular weight excluding hydrogens is 300 g/mol. The zero-order valence-electron chi connectivity index (χ0n) is 16.2. The van der Waals surface area contributed by atoms with Crippen LogP contribution in [0.1, 0.15) is 50.3 Å². The van der Waals surface area contributed by atoms with Crippen LogP contribution in [0.2, 0.25) is 0 Å². The molecule has 2 aliphatic heterocycles. The van der Waals surface area contributed by atoms with Crippen molar-refractivity contribution in [3.63, 3.8) is 0 Å². The van der Waals surface area contributed by atoms with Crippen molar-refractivity contribution in [1.29, 1.82) is 0 Å². The van der Waals surface area contributed by atoms with Gasteiger partial charge in [-0.2, -0.15) is 5.10 Å². The van der Waals surface area contributed by atoms with Crippen LogP contribution in [0.4, 0.5) is 0 Å². The van der Waals surface area contributed by atoms with Crippen molar-refractivity contribution in [2.45, 2.75) is 53.6 Å². The molecule has 24 heavy (non-hydrogen) atoms. The summed E-state index contributed by atoms with van der Waals surface area (Å²) >= 11 is 0. The minimum absolute atomic E-state index is 1.02. The maximum Gasteiger partial charge on any atom is 0.0925 e. The van der Waals surface area contributed by atoms with Crippen LogP contribution in [-0.2, 0) is 25.9 Å². The molecule has 4 heterocycles. The molecule has 0 saturated heterocycles. The Balaban J connectivity index is 0.000000199. The largest absolute Gasteiger partial charge is 0.347 e. The summed E-state index contributed by atoms with van der Waals surface area (Å²) in [7, 11) is 4.26. The van der Waals surface area contributed by atoms with Gasteiger partial charge < -0.3 is 14.8 Å². The van der Waals surface area contributed by atoms with Crippen molar-refractivity contribution < 1.29 is 0 Å². The van der Waals surface area contributed by atoms with Gasteiger partial charge in [0, 0.05) is 50.3 Å². The summed E-state index contributed by atoms with van der Waals surface area (Å²) in [5, 5.41) is 6.99. The van der Waals surface area contributed by atoms with E-state index in [1.807, 2.05) is 33.9 Å². The number of fused-ring (bicyclic) bond motifs is 2. The Hall–Kier alpha value is -1.66. The highest BCUT2D eigenvalue weighted by molar-refractivity contribution is 5.18. The number of nitrogens with zero attached hydrogens (tertiary/aromatic N) is 4. The van der Waals surface area contributed by atoms with Crippen LogP contribution in [-0.4, -0.2) is 57.1 Å². The Morgan fingerprint density at radius 1 is 0.917 bits per heavy atom. The molecule has 0 radical (unpaired) electrons. The molecule has 0 bridgehead atoms. The summed E-state index contributed by atoms with van der Waals surface area (Å²) in [4.78, 5) is 11.9. The lowest BCUT2D eigenvalue weighted by Crippen LogP contribution is -2.26.